The second kappa shape index (κ2) is 7.51. The Morgan fingerprint density at radius 1 is 1.22 bits per heavy atom. The third-order valence-electron chi connectivity index (χ3n) is 3.48. The lowest BCUT2D eigenvalue weighted by Crippen LogP contribution is -2.24. The highest BCUT2D eigenvalue weighted by Crippen LogP contribution is 2.28. The average molecular weight is 409 g/mol. The molecule has 2 aromatic carbocycles. The molecule has 140 valence electrons. The number of benzene rings is 2. The summed E-state index contributed by atoms with van der Waals surface area (Å²) in [5, 5.41) is 2.64. The van der Waals surface area contributed by atoms with Gasteiger partial charge in [0.2, 0.25) is 10.0 Å². The van der Waals surface area contributed by atoms with Gasteiger partial charge in [0.05, 0.1) is 15.1 Å². The number of hydrogen-bond acceptors (Lipinski definition) is 5. The number of hydrogen-bond donors (Lipinski definition) is 2. The van der Waals surface area contributed by atoms with Crippen molar-refractivity contribution >= 4 is 42.6 Å². The third kappa shape index (κ3) is 4.18. The standard InChI is InChI=1S/C17H13F2N3O3S2/c1-2-6-20-27(24,25)11-5-3-4-10(7-11)16(23)22-17-21-14-8-12(18)13(19)9-15(14)26-17/h2-5,7-9,20H,1,6H2,(H,21,22,23). The van der Waals surface area contributed by atoms with E-state index in [0.717, 1.165) is 23.5 Å². The van der Waals surface area contributed by atoms with E-state index in [9.17, 15) is 22.0 Å². The maximum atomic E-state index is 13.3. The van der Waals surface area contributed by atoms with Crippen molar-refractivity contribution in [2.24, 2.45) is 0 Å². The quantitative estimate of drug-likeness (QED) is 0.612. The molecule has 0 spiro atoms. The minimum Gasteiger partial charge on any atom is -0.298 e. The van der Waals surface area contributed by atoms with Crippen LogP contribution >= 0.6 is 11.3 Å². The van der Waals surface area contributed by atoms with Gasteiger partial charge in [0.15, 0.2) is 16.8 Å². The number of thiazole rings is 1. The molecule has 0 fully saturated rings. The number of fused-ring (bicyclic) bond motifs is 1. The molecule has 27 heavy (non-hydrogen) atoms. The normalized spacial score (nSPS) is 11.5. The molecule has 0 aliphatic heterocycles. The van der Waals surface area contributed by atoms with Crippen LogP contribution in [0, 0.1) is 11.6 Å². The van der Waals surface area contributed by atoms with Gasteiger partial charge in [0.25, 0.3) is 5.91 Å². The number of aromatic nitrogens is 1. The number of amides is 1. The number of nitrogens with zero attached hydrogens (tertiary/aromatic N) is 1. The fraction of sp³-hybridized carbons (Fsp3) is 0.0588. The van der Waals surface area contributed by atoms with Crippen LogP contribution in [0.2, 0.25) is 0 Å². The number of carbonyl (C=O) groups is 1. The first kappa shape index (κ1) is 19.1. The Hall–Kier alpha value is -2.69. The summed E-state index contributed by atoms with van der Waals surface area (Å²) in [6.07, 6.45) is 1.40. The number of halogens is 2. The van der Waals surface area contributed by atoms with Crippen LogP contribution in [-0.4, -0.2) is 25.9 Å². The molecular formula is C17H13F2N3O3S2. The molecule has 3 rings (SSSR count). The van der Waals surface area contributed by atoms with E-state index in [4.69, 9.17) is 0 Å². The van der Waals surface area contributed by atoms with Crippen LogP contribution in [0.5, 0.6) is 0 Å². The first-order valence-electron chi connectivity index (χ1n) is 7.58. The smallest absolute Gasteiger partial charge is 0.257 e. The molecule has 10 heteroatoms. The summed E-state index contributed by atoms with van der Waals surface area (Å²) in [5.74, 6) is -2.64. The van der Waals surface area contributed by atoms with Crippen molar-refractivity contribution in [2.45, 2.75) is 4.90 Å². The minimum absolute atomic E-state index is 0.0532. The summed E-state index contributed by atoms with van der Waals surface area (Å²) in [5.41, 5.74) is 0.298. The highest BCUT2D eigenvalue weighted by Gasteiger charge is 2.17. The van der Waals surface area contributed by atoms with Crippen LogP contribution < -0.4 is 10.0 Å². The van der Waals surface area contributed by atoms with Crippen LogP contribution in [0.3, 0.4) is 0 Å². The second-order valence-corrected chi connectivity index (χ2v) is 8.17. The van der Waals surface area contributed by atoms with E-state index in [1.165, 1.54) is 30.3 Å². The van der Waals surface area contributed by atoms with Gasteiger partial charge in [0, 0.05) is 18.2 Å². The van der Waals surface area contributed by atoms with E-state index < -0.39 is 27.6 Å². The fourth-order valence-corrected chi connectivity index (χ4v) is 4.11. The summed E-state index contributed by atoms with van der Waals surface area (Å²) in [6.45, 7) is 3.49. The minimum atomic E-state index is -3.78. The Kier molecular flexibility index (Phi) is 5.31. The van der Waals surface area contributed by atoms with Crippen molar-refractivity contribution < 1.29 is 22.0 Å². The summed E-state index contributed by atoms with van der Waals surface area (Å²) in [6, 6.07) is 7.37. The highest BCUT2D eigenvalue weighted by atomic mass is 32.2. The molecule has 2 N–H and O–H groups in total. The van der Waals surface area contributed by atoms with E-state index in [1.807, 2.05) is 0 Å². The van der Waals surface area contributed by atoms with Crippen molar-refractivity contribution in [2.75, 3.05) is 11.9 Å². The highest BCUT2D eigenvalue weighted by molar-refractivity contribution is 7.89. The molecule has 0 saturated carbocycles. The van der Waals surface area contributed by atoms with Gasteiger partial charge in [-0.25, -0.2) is 26.9 Å². The summed E-state index contributed by atoms with van der Waals surface area (Å²) in [7, 11) is -3.78. The zero-order valence-corrected chi connectivity index (χ0v) is 15.3. The molecule has 0 bridgehead atoms. The largest absolute Gasteiger partial charge is 0.298 e. The van der Waals surface area contributed by atoms with Gasteiger partial charge >= 0.3 is 0 Å². The lowest BCUT2D eigenvalue weighted by atomic mass is 10.2. The number of carbonyl (C=O) groups excluding carboxylic acids is 1. The fourth-order valence-electron chi connectivity index (χ4n) is 2.20. The molecule has 1 aromatic heterocycles. The van der Waals surface area contributed by atoms with E-state index in [-0.39, 0.29) is 27.7 Å². The first-order chi connectivity index (χ1) is 12.8. The molecule has 3 aromatic rings. The van der Waals surface area contributed by atoms with Crippen LogP contribution in [-0.2, 0) is 10.0 Å². The molecule has 0 saturated heterocycles. The molecule has 0 unspecified atom stereocenters. The predicted octanol–water partition coefficient (Wildman–Crippen LogP) is 3.29. The second-order valence-electron chi connectivity index (χ2n) is 5.38. The zero-order chi connectivity index (χ0) is 19.6. The summed E-state index contributed by atoms with van der Waals surface area (Å²) < 4.78 is 53.5. The summed E-state index contributed by atoms with van der Waals surface area (Å²) >= 11 is 0.973. The van der Waals surface area contributed by atoms with Gasteiger partial charge in [-0.1, -0.05) is 23.5 Å². The molecule has 1 heterocycles. The van der Waals surface area contributed by atoms with Gasteiger partial charge in [-0.05, 0) is 24.3 Å². The first-order valence-corrected chi connectivity index (χ1v) is 9.87. The molecular weight excluding hydrogens is 396 g/mol. The molecule has 1 amide bonds. The Balaban J connectivity index is 1.84. The van der Waals surface area contributed by atoms with Crippen LogP contribution in [0.4, 0.5) is 13.9 Å². The van der Waals surface area contributed by atoms with Crippen molar-refractivity contribution in [1.82, 2.24) is 9.71 Å². The van der Waals surface area contributed by atoms with Crippen LogP contribution in [0.1, 0.15) is 10.4 Å². The van der Waals surface area contributed by atoms with Crippen molar-refractivity contribution in [3.05, 3.63) is 66.3 Å². The monoisotopic (exact) mass is 409 g/mol. The van der Waals surface area contributed by atoms with E-state index in [1.54, 1.807) is 0 Å². The van der Waals surface area contributed by atoms with Gasteiger partial charge in [0.1, 0.15) is 0 Å². The number of sulfonamides is 1. The Morgan fingerprint density at radius 2 is 1.96 bits per heavy atom. The molecule has 0 aliphatic carbocycles. The van der Waals surface area contributed by atoms with Crippen molar-refractivity contribution in [3.63, 3.8) is 0 Å². The lowest BCUT2D eigenvalue weighted by molar-refractivity contribution is 0.102. The maximum absolute atomic E-state index is 13.3. The molecule has 0 radical (unpaired) electrons. The van der Waals surface area contributed by atoms with Crippen molar-refractivity contribution in [1.29, 1.82) is 0 Å². The van der Waals surface area contributed by atoms with E-state index in [2.05, 4.69) is 21.6 Å². The van der Waals surface area contributed by atoms with Gasteiger partial charge in [-0.15, -0.1) is 6.58 Å². The van der Waals surface area contributed by atoms with Gasteiger partial charge in [-0.2, -0.15) is 0 Å². The Bertz CT molecular complexity index is 1100. The average Bonchev–Trinajstić information content (AvgIpc) is 3.01. The zero-order valence-electron chi connectivity index (χ0n) is 13.7. The predicted molar refractivity (Wildman–Crippen MR) is 99.3 cm³/mol. The number of anilines is 1. The third-order valence-corrected chi connectivity index (χ3v) is 5.83. The number of rotatable bonds is 6. The van der Waals surface area contributed by atoms with E-state index in [0.29, 0.717) is 4.70 Å². The van der Waals surface area contributed by atoms with Crippen LogP contribution in [0.25, 0.3) is 10.2 Å². The van der Waals surface area contributed by atoms with Gasteiger partial charge < -0.3 is 0 Å². The maximum Gasteiger partial charge on any atom is 0.257 e. The lowest BCUT2D eigenvalue weighted by Gasteiger charge is -2.07. The Morgan fingerprint density at radius 3 is 2.70 bits per heavy atom. The van der Waals surface area contributed by atoms with E-state index >= 15 is 0 Å². The van der Waals surface area contributed by atoms with Crippen molar-refractivity contribution in [3.8, 4) is 0 Å². The van der Waals surface area contributed by atoms with Gasteiger partial charge in [-0.3, -0.25) is 10.1 Å². The number of nitrogens with one attached hydrogen (secondary N) is 2. The molecule has 0 atom stereocenters. The van der Waals surface area contributed by atoms with Crippen LogP contribution in [0.15, 0.2) is 53.9 Å². The SMILES string of the molecule is C=CCNS(=O)(=O)c1cccc(C(=O)Nc2nc3cc(F)c(F)cc3s2)c1. The molecule has 0 aliphatic rings. The topological polar surface area (TPSA) is 88.2 Å². The Labute approximate surface area is 157 Å². The molecule has 6 nitrogen and oxygen atoms in total. The summed E-state index contributed by atoms with van der Waals surface area (Å²) in [4.78, 5) is 16.3.